The zero-order chi connectivity index (χ0) is 15.6. The molecule has 2 N–H and O–H groups in total. The summed E-state index contributed by atoms with van der Waals surface area (Å²) in [7, 11) is 0. The van der Waals surface area contributed by atoms with Crippen molar-refractivity contribution >= 4 is 17.6 Å². The fourth-order valence-electron chi connectivity index (χ4n) is 2.20. The van der Waals surface area contributed by atoms with Crippen LogP contribution in [0.2, 0.25) is 0 Å². The third-order valence-corrected chi connectivity index (χ3v) is 3.98. The van der Waals surface area contributed by atoms with E-state index in [2.05, 4.69) is 24.5 Å². The van der Waals surface area contributed by atoms with Gasteiger partial charge in [-0.25, -0.2) is 4.79 Å². The van der Waals surface area contributed by atoms with Crippen LogP contribution in [0.25, 0.3) is 0 Å². The zero-order valence-electron chi connectivity index (χ0n) is 13.1. The molecule has 1 aromatic rings. The number of nitrogens with one attached hydrogen (secondary N) is 2. The summed E-state index contributed by atoms with van der Waals surface area (Å²) in [5, 5.41) is 5.76. The van der Waals surface area contributed by atoms with Gasteiger partial charge in [-0.2, -0.15) is 0 Å². The van der Waals surface area contributed by atoms with Crippen LogP contribution in [0.3, 0.4) is 0 Å². The van der Waals surface area contributed by atoms with Crippen LogP contribution in [-0.2, 0) is 0 Å². The minimum atomic E-state index is -0.105. The van der Waals surface area contributed by atoms with Gasteiger partial charge in [0.05, 0.1) is 0 Å². The van der Waals surface area contributed by atoms with Crippen molar-refractivity contribution in [2.24, 2.45) is 5.92 Å². The molecule has 114 valence electrons. The van der Waals surface area contributed by atoms with Crippen molar-refractivity contribution < 1.29 is 9.59 Å². The SMILES string of the molecule is Cc1ccc(C(=O)N[C@@H](C)C(C)C)cc1N1CCNC1=O. The monoisotopic (exact) mass is 289 g/mol. The molecule has 0 aromatic heterocycles. The van der Waals surface area contributed by atoms with Gasteiger partial charge in [-0.1, -0.05) is 19.9 Å². The van der Waals surface area contributed by atoms with Crippen molar-refractivity contribution in [2.45, 2.75) is 33.7 Å². The van der Waals surface area contributed by atoms with Crippen molar-refractivity contribution in [3.05, 3.63) is 29.3 Å². The lowest BCUT2D eigenvalue weighted by Crippen LogP contribution is -2.36. The molecule has 0 spiro atoms. The van der Waals surface area contributed by atoms with Gasteiger partial charge in [-0.3, -0.25) is 9.69 Å². The quantitative estimate of drug-likeness (QED) is 0.893. The lowest BCUT2D eigenvalue weighted by molar-refractivity contribution is 0.0930. The molecule has 1 aliphatic heterocycles. The molecule has 3 amide bonds. The van der Waals surface area contributed by atoms with Crippen LogP contribution in [-0.4, -0.2) is 31.1 Å². The van der Waals surface area contributed by atoms with E-state index in [1.165, 1.54) is 0 Å². The van der Waals surface area contributed by atoms with Crippen LogP contribution in [0.5, 0.6) is 0 Å². The lowest BCUT2D eigenvalue weighted by atomic mass is 10.0. The summed E-state index contributed by atoms with van der Waals surface area (Å²) >= 11 is 0. The number of benzene rings is 1. The van der Waals surface area contributed by atoms with E-state index in [4.69, 9.17) is 0 Å². The summed E-state index contributed by atoms with van der Waals surface area (Å²) in [6.45, 7) is 9.34. The third-order valence-electron chi connectivity index (χ3n) is 3.98. The van der Waals surface area contributed by atoms with Crippen molar-refractivity contribution in [1.29, 1.82) is 0 Å². The Hall–Kier alpha value is -2.04. The predicted octanol–water partition coefficient (Wildman–Crippen LogP) is 2.30. The maximum Gasteiger partial charge on any atom is 0.322 e. The first-order valence-corrected chi connectivity index (χ1v) is 7.37. The van der Waals surface area contributed by atoms with Crippen molar-refractivity contribution in [1.82, 2.24) is 10.6 Å². The Morgan fingerprint density at radius 3 is 2.62 bits per heavy atom. The van der Waals surface area contributed by atoms with Gasteiger partial charge in [0.1, 0.15) is 0 Å². The highest BCUT2D eigenvalue weighted by molar-refractivity contribution is 5.99. The molecule has 1 aromatic carbocycles. The second-order valence-electron chi connectivity index (χ2n) is 5.89. The molecule has 0 saturated carbocycles. The Morgan fingerprint density at radius 1 is 1.33 bits per heavy atom. The topological polar surface area (TPSA) is 61.4 Å². The second kappa shape index (κ2) is 6.16. The highest BCUT2D eigenvalue weighted by Gasteiger charge is 2.23. The van der Waals surface area contributed by atoms with E-state index in [0.717, 1.165) is 11.3 Å². The van der Waals surface area contributed by atoms with E-state index in [-0.39, 0.29) is 18.0 Å². The first kappa shape index (κ1) is 15.4. The fourth-order valence-corrected chi connectivity index (χ4v) is 2.20. The number of anilines is 1. The van der Waals surface area contributed by atoms with Gasteiger partial charge in [0.25, 0.3) is 5.91 Å². The Labute approximate surface area is 125 Å². The van der Waals surface area contributed by atoms with Crippen molar-refractivity contribution in [2.75, 3.05) is 18.0 Å². The predicted molar refractivity (Wildman–Crippen MR) is 83.7 cm³/mol. The van der Waals surface area contributed by atoms with Gasteiger partial charge in [0, 0.05) is 30.4 Å². The van der Waals surface area contributed by atoms with Crippen molar-refractivity contribution in [3.8, 4) is 0 Å². The number of amides is 3. The lowest BCUT2D eigenvalue weighted by Gasteiger charge is -2.20. The minimum absolute atomic E-state index is 0.0999. The Morgan fingerprint density at radius 2 is 2.05 bits per heavy atom. The Bertz CT molecular complexity index is 554. The smallest absolute Gasteiger partial charge is 0.322 e. The number of hydrogen-bond donors (Lipinski definition) is 2. The van der Waals surface area contributed by atoms with E-state index < -0.39 is 0 Å². The van der Waals surface area contributed by atoms with E-state index >= 15 is 0 Å². The van der Waals surface area contributed by atoms with Gasteiger partial charge in [0.2, 0.25) is 0 Å². The molecule has 1 aliphatic rings. The third kappa shape index (κ3) is 3.35. The van der Waals surface area contributed by atoms with Crippen LogP contribution in [0.1, 0.15) is 36.7 Å². The van der Waals surface area contributed by atoms with E-state index in [0.29, 0.717) is 24.6 Å². The number of aryl methyl sites for hydroxylation is 1. The van der Waals surface area contributed by atoms with Gasteiger partial charge < -0.3 is 10.6 Å². The number of rotatable bonds is 4. The first-order chi connectivity index (χ1) is 9.90. The summed E-state index contributed by atoms with van der Waals surface area (Å²) in [6, 6.07) is 5.48. The number of urea groups is 1. The maximum absolute atomic E-state index is 12.3. The molecule has 0 bridgehead atoms. The summed E-state index contributed by atoms with van der Waals surface area (Å²) in [5.74, 6) is 0.278. The van der Waals surface area contributed by atoms with E-state index in [9.17, 15) is 9.59 Å². The molecule has 0 aliphatic carbocycles. The van der Waals surface area contributed by atoms with Crippen LogP contribution < -0.4 is 15.5 Å². The molecule has 5 heteroatoms. The zero-order valence-corrected chi connectivity index (χ0v) is 13.1. The Kier molecular flexibility index (Phi) is 4.50. The van der Waals surface area contributed by atoms with Gasteiger partial charge in [-0.15, -0.1) is 0 Å². The Balaban J connectivity index is 2.22. The molecular weight excluding hydrogens is 266 g/mol. The molecule has 5 nitrogen and oxygen atoms in total. The second-order valence-corrected chi connectivity index (χ2v) is 5.89. The molecule has 0 radical (unpaired) electrons. The minimum Gasteiger partial charge on any atom is -0.349 e. The summed E-state index contributed by atoms with van der Waals surface area (Å²) < 4.78 is 0. The number of carbonyl (C=O) groups is 2. The van der Waals surface area contributed by atoms with Crippen LogP contribution >= 0.6 is 0 Å². The van der Waals surface area contributed by atoms with Crippen LogP contribution in [0, 0.1) is 12.8 Å². The standard InChI is InChI=1S/C16H23N3O2/c1-10(2)12(4)18-15(20)13-6-5-11(3)14(9-13)19-8-7-17-16(19)21/h5-6,9-10,12H,7-8H2,1-4H3,(H,17,21)(H,18,20)/t12-/m0/s1. The average molecular weight is 289 g/mol. The molecule has 1 fully saturated rings. The number of hydrogen-bond acceptors (Lipinski definition) is 2. The maximum atomic E-state index is 12.3. The van der Waals surface area contributed by atoms with Crippen LogP contribution in [0.4, 0.5) is 10.5 Å². The first-order valence-electron chi connectivity index (χ1n) is 7.37. The summed E-state index contributed by atoms with van der Waals surface area (Å²) in [4.78, 5) is 25.8. The van der Waals surface area contributed by atoms with Gasteiger partial charge in [-0.05, 0) is 37.5 Å². The largest absolute Gasteiger partial charge is 0.349 e. The fraction of sp³-hybridized carbons (Fsp3) is 0.500. The summed E-state index contributed by atoms with van der Waals surface area (Å²) in [6.07, 6.45) is 0. The highest BCUT2D eigenvalue weighted by atomic mass is 16.2. The molecule has 1 atom stereocenters. The average Bonchev–Trinajstić information content (AvgIpc) is 2.85. The number of carbonyl (C=O) groups excluding carboxylic acids is 2. The van der Waals surface area contributed by atoms with Crippen LogP contribution in [0.15, 0.2) is 18.2 Å². The molecule has 1 saturated heterocycles. The van der Waals surface area contributed by atoms with Gasteiger partial charge >= 0.3 is 6.03 Å². The van der Waals surface area contributed by atoms with E-state index in [1.54, 1.807) is 17.0 Å². The molecule has 0 unspecified atom stereocenters. The molecular formula is C16H23N3O2. The summed E-state index contributed by atoms with van der Waals surface area (Å²) in [5.41, 5.74) is 2.37. The molecule has 1 heterocycles. The van der Waals surface area contributed by atoms with E-state index in [1.807, 2.05) is 19.9 Å². The number of nitrogens with zero attached hydrogens (tertiary/aromatic N) is 1. The normalized spacial score (nSPS) is 16.0. The highest BCUT2D eigenvalue weighted by Crippen LogP contribution is 2.23. The van der Waals surface area contributed by atoms with Gasteiger partial charge in [0.15, 0.2) is 0 Å². The van der Waals surface area contributed by atoms with Crippen molar-refractivity contribution in [3.63, 3.8) is 0 Å². The molecule has 2 rings (SSSR count). The molecule has 21 heavy (non-hydrogen) atoms.